The molecule has 0 aromatic heterocycles. The van der Waals surface area contributed by atoms with E-state index < -0.39 is 0 Å². The van der Waals surface area contributed by atoms with Crippen molar-refractivity contribution >= 4 is 27.6 Å². The molecule has 0 atom stereocenters. The molecule has 0 bridgehead atoms. The number of nitriles is 1. The SMILES string of the molecule is COc1ccccc1C=C(C#N)c1ccc(Br)cc1. The van der Waals surface area contributed by atoms with Gasteiger partial charge in [0.05, 0.1) is 18.8 Å². The summed E-state index contributed by atoms with van der Waals surface area (Å²) in [6.45, 7) is 0. The number of ether oxygens (including phenoxy) is 1. The lowest BCUT2D eigenvalue weighted by Crippen LogP contribution is -1.87. The Labute approximate surface area is 121 Å². The molecule has 3 heteroatoms. The lowest BCUT2D eigenvalue weighted by molar-refractivity contribution is 0.414. The number of para-hydroxylation sites is 1. The van der Waals surface area contributed by atoms with Crippen LogP contribution in [-0.4, -0.2) is 7.11 Å². The van der Waals surface area contributed by atoms with Gasteiger partial charge < -0.3 is 4.74 Å². The quantitative estimate of drug-likeness (QED) is 0.616. The first kappa shape index (κ1) is 13.4. The van der Waals surface area contributed by atoms with Crippen molar-refractivity contribution in [2.24, 2.45) is 0 Å². The van der Waals surface area contributed by atoms with Gasteiger partial charge in [0.15, 0.2) is 0 Å². The van der Waals surface area contributed by atoms with Gasteiger partial charge in [-0.2, -0.15) is 5.26 Å². The summed E-state index contributed by atoms with van der Waals surface area (Å²) in [5.41, 5.74) is 2.39. The fourth-order valence-corrected chi connectivity index (χ4v) is 2.02. The Morgan fingerprint density at radius 3 is 2.47 bits per heavy atom. The van der Waals surface area contributed by atoms with Gasteiger partial charge in [0.25, 0.3) is 0 Å². The lowest BCUT2D eigenvalue weighted by Gasteiger charge is -2.05. The Kier molecular flexibility index (Phi) is 4.38. The average Bonchev–Trinajstić information content (AvgIpc) is 2.46. The van der Waals surface area contributed by atoms with Crippen molar-refractivity contribution in [1.82, 2.24) is 0 Å². The number of halogens is 1. The van der Waals surface area contributed by atoms with Crippen molar-refractivity contribution in [3.63, 3.8) is 0 Å². The second-order valence-electron chi connectivity index (χ2n) is 3.92. The van der Waals surface area contributed by atoms with Crippen molar-refractivity contribution < 1.29 is 4.74 Å². The molecular formula is C16H12BrNO. The second kappa shape index (κ2) is 6.21. The summed E-state index contributed by atoms with van der Waals surface area (Å²) in [5.74, 6) is 0.757. The molecule has 0 saturated heterocycles. The monoisotopic (exact) mass is 313 g/mol. The Bertz CT molecular complexity index is 639. The predicted octanol–water partition coefficient (Wildman–Crippen LogP) is 4.52. The molecule has 2 aromatic rings. The van der Waals surface area contributed by atoms with E-state index in [4.69, 9.17) is 4.74 Å². The number of rotatable bonds is 3. The Morgan fingerprint density at radius 2 is 1.84 bits per heavy atom. The van der Waals surface area contributed by atoms with Crippen molar-refractivity contribution in [3.8, 4) is 11.8 Å². The van der Waals surface area contributed by atoms with Crippen LogP contribution in [0.15, 0.2) is 53.0 Å². The minimum atomic E-state index is 0.608. The fraction of sp³-hybridized carbons (Fsp3) is 0.0625. The van der Waals surface area contributed by atoms with Crippen molar-refractivity contribution in [2.45, 2.75) is 0 Å². The molecule has 0 saturated carbocycles. The predicted molar refractivity (Wildman–Crippen MR) is 80.6 cm³/mol. The number of benzene rings is 2. The molecule has 0 heterocycles. The lowest BCUT2D eigenvalue weighted by atomic mass is 10.0. The Morgan fingerprint density at radius 1 is 1.16 bits per heavy atom. The third-order valence-corrected chi connectivity index (χ3v) is 3.24. The van der Waals surface area contributed by atoms with E-state index in [1.54, 1.807) is 7.11 Å². The molecule has 0 aliphatic rings. The molecule has 0 unspecified atom stereocenters. The maximum atomic E-state index is 9.30. The molecule has 0 fully saturated rings. The molecule has 0 amide bonds. The van der Waals surface area contributed by atoms with Crippen LogP contribution in [0.3, 0.4) is 0 Å². The zero-order valence-corrected chi connectivity index (χ0v) is 12.0. The van der Waals surface area contributed by atoms with Crippen LogP contribution in [0.1, 0.15) is 11.1 Å². The third-order valence-electron chi connectivity index (χ3n) is 2.71. The van der Waals surface area contributed by atoms with E-state index >= 15 is 0 Å². The molecule has 0 N–H and O–H groups in total. The third kappa shape index (κ3) is 3.24. The van der Waals surface area contributed by atoms with E-state index in [2.05, 4.69) is 22.0 Å². The maximum absolute atomic E-state index is 9.30. The van der Waals surface area contributed by atoms with Gasteiger partial charge in [0.1, 0.15) is 5.75 Å². The first-order valence-corrected chi connectivity index (χ1v) is 6.54. The molecule has 2 rings (SSSR count). The molecule has 2 aromatic carbocycles. The van der Waals surface area contributed by atoms with Gasteiger partial charge in [-0.05, 0) is 29.8 Å². The van der Waals surface area contributed by atoms with Gasteiger partial charge in [-0.25, -0.2) is 0 Å². The number of allylic oxidation sites excluding steroid dienone is 1. The fourth-order valence-electron chi connectivity index (χ4n) is 1.75. The van der Waals surface area contributed by atoms with E-state index in [0.717, 1.165) is 21.3 Å². The number of nitrogens with zero attached hydrogens (tertiary/aromatic N) is 1. The van der Waals surface area contributed by atoms with Gasteiger partial charge >= 0.3 is 0 Å². The normalized spacial score (nSPS) is 10.9. The van der Waals surface area contributed by atoms with E-state index in [-0.39, 0.29) is 0 Å². The standard InChI is InChI=1S/C16H12BrNO/c1-19-16-5-3-2-4-13(16)10-14(11-18)12-6-8-15(17)9-7-12/h2-10H,1H3. The van der Waals surface area contributed by atoms with E-state index in [1.807, 2.05) is 54.6 Å². The van der Waals surface area contributed by atoms with Crippen LogP contribution in [0.25, 0.3) is 11.6 Å². The van der Waals surface area contributed by atoms with Crippen LogP contribution in [-0.2, 0) is 0 Å². The summed E-state index contributed by atoms with van der Waals surface area (Å²) in [5, 5.41) is 9.30. The van der Waals surface area contributed by atoms with Crippen LogP contribution >= 0.6 is 15.9 Å². The molecule has 0 spiro atoms. The van der Waals surface area contributed by atoms with Gasteiger partial charge in [0, 0.05) is 10.0 Å². The number of hydrogen-bond acceptors (Lipinski definition) is 2. The van der Waals surface area contributed by atoms with Crippen molar-refractivity contribution in [2.75, 3.05) is 7.11 Å². The highest BCUT2D eigenvalue weighted by Gasteiger charge is 2.04. The summed E-state index contributed by atoms with van der Waals surface area (Å²) in [6, 6.07) is 17.5. The smallest absolute Gasteiger partial charge is 0.126 e. The maximum Gasteiger partial charge on any atom is 0.126 e. The Balaban J connectivity index is 2.44. The first-order valence-electron chi connectivity index (χ1n) is 5.75. The van der Waals surface area contributed by atoms with Crippen LogP contribution < -0.4 is 4.74 Å². The molecule has 2 nitrogen and oxygen atoms in total. The topological polar surface area (TPSA) is 33.0 Å². The minimum absolute atomic E-state index is 0.608. The van der Waals surface area contributed by atoms with Crippen molar-refractivity contribution in [1.29, 1.82) is 5.26 Å². The van der Waals surface area contributed by atoms with Gasteiger partial charge in [-0.3, -0.25) is 0 Å². The highest BCUT2D eigenvalue weighted by atomic mass is 79.9. The average molecular weight is 314 g/mol. The summed E-state index contributed by atoms with van der Waals surface area (Å²) < 4.78 is 6.28. The van der Waals surface area contributed by atoms with Crippen LogP contribution in [0, 0.1) is 11.3 Å². The Hall–Kier alpha value is -2.05. The molecular weight excluding hydrogens is 302 g/mol. The van der Waals surface area contributed by atoms with E-state index in [0.29, 0.717) is 5.57 Å². The molecule has 94 valence electrons. The number of hydrogen-bond donors (Lipinski definition) is 0. The second-order valence-corrected chi connectivity index (χ2v) is 4.83. The highest BCUT2D eigenvalue weighted by molar-refractivity contribution is 9.10. The summed E-state index contributed by atoms with van der Waals surface area (Å²) in [7, 11) is 1.62. The largest absolute Gasteiger partial charge is 0.496 e. The minimum Gasteiger partial charge on any atom is -0.496 e. The summed E-state index contributed by atoms with van der Waals surface area (Å²) in [6.07, 6.45) is 1.84. The van der Waals surface area contributed by atoms with Crippen LogP contribution in [0.5, 0.6) is 5.75 Å². The number of methoxy groups -OCH3 is 1. The highest BCUT2D eigenvalue weighted by Crippen LogP contribution is 2.24. The van der Waals surface area contributed by atoms with Gasteiger partial charge in [0.2, 0.25) is 0 Å². The first-order chi connectivity index (χ1) is 9.24. The van der Waals surface area contributed by atoms with Gasteiger partial charge in [-0.15, -0.1) is 0 Å². The summed E-state index contributed by atoms with van der Waals surface area (Å²) in [4.78, 5) is 0. The molecule has 19 heavy (non-hydrogen) atoms. The molecule has 0 aliphatic carbocycles. The van der Waals surface area contributed by atoms with E-state index in [9.17, 15) is 5.26 Å². The molecule has 0 radical (unpaired) electrons. The van der Waals surface area contributed by atoms with E-state index in [1.165, 1.54) is 0 Å². The van der Waals surface area contributed by atoms with Crippen molar-refractivity contribution in [3.05, 3.63) is 64.1 Å². The van der Waals surface area contributed by atoms with Crippen LogP contribution in [0.2, 0.25) is 0 Å². The van der Waals surface area contributed by atoms with Gasteiger partial charge in [-0.1, -0.05) is 46.3 Å². The summed E-state index contributed by atoms with van der Waals surface area (Å²) >= 11 is 3.38. The molecule has 0 aliphatic heterocycles. The zero-order valence-electron chi connectivity index (χ0n) is 10.4. The zero-order chi connectivity index (χ0) is 13.7. The van der Waals surface area contributed by atoms with Crippen LogP contribution in [0.4, 0.5) is 0 Å².